The van der Waals surface area contributed by atoms with Crippen molar-refractivity contribution in [3.8, 4) is 0 Å². The molecule has 0 aliphatic carbocycles. The van der Waals surface area contributed by atoms with Gasteiger partial charge in [-0.25, -0.2) is 12.8 Å². The molecule has 6 nitrogen and oxygen atoms in total. The second-order valence-corrected chi connectivity index (χ2v) is 6.52. The molecule has 0 fully saturated rings. The third-order valence-corrected chi connectivity index (χ3v) is 5.46. The van der Waals surface area contributed by atoms with Crippen LogP contribution in [0.2, 0.25) is 0 Å². The van der Waals surface area contributed by atoms with Crippen LogP contribution in [0.4, 0.5) is 10.1 Å². The van der Waals surface area contributed by atoms with Crippen LogP contribution in [0.1, 0.15) is 18.1 Å². The number of hydrogen-bond acceptors (Lipinski definition) is 4. The van der Waals surface area contributed by atoms with Gasteiger partial charge in [0, 0.05) is 13.6 Å². The lowest BCUT2D eigenvalue weighted by Crippen LogP contribution is -2.40. The van der Waals surface area contributed by atoms with Crippen LogP contribution in [0.15, 0.2) is 11.0 Å². The van der Waals surface area contributed by atoms with Crippen molar-refractivity contribution in [1.29, 1.82) is 0 Å². The van der Waals surface area contributed by atoms with Crippen molar-refractivity contribution in [3.63, 3.8) is 0 Å². The highest BCUT2D eigenvalue weighted by Gasteiger charge is 2.29. The first-order chi connectivity index (χ1) is 9.66. The van der Waals surface area contributed by atoms with Crippen LogP contribution < -0.4 is 11.1 Å². The summed E-state index contributed by atoms with van der Waals surface area (Å²) in [4.78, 5) is 11.4. The van der Waals surface area contributed by atoms with Crippen LogP contribution in [0.3, 0.4) is 0 Å². The molecule has 1 aromatic carbocycles. The van der Waals surface area contributed by atoms with Gasteiger partial charge < -0.3 is 11.1 Å². The minimum atomic E-state index is -3.93. The van der Waals surface area contributed by atoms with E-state index < -0.39 is 21.7 Å². The third kappa shape index (κ3) is 3.33. The molecule has 0 aliphatic rings. The van der Waals surface area contributed by atoms with Gasteiger partial charge in [0.05, 0.1) is 17.1 Å². The van der Waals surface area contributed by atoms with Crippen molar-refractivity contribution in [3.05, 3.63) is 23.0 Å². The second kappa shape index (κ2) is 6.40. The van der Waals surface area contributed by atoms with Gasteiger partial charge in [0.25, 0.3) is 0 Å². The molecule has 0 spiro atoms. The largest absolute Gasteiger partial charge is 0.396 e. The molecule has 0 saturated carbocycles. The van der Waals surface area contributed by atoms with Crippen molar-refractivity contribution in [1.82, 2.24) is 9.62 Å². The van der Waals surface area contributed by atoms with E-state index in [-0.39, 0.29) is 34.8 Å². The van der Waals surface area contributed by atoms with E-state index in [1.54, 1.807) is 6.92 Å². The lowest BCUT2D eigenvalue weighted by atomic mass is 10.1. The number of aryl methyl sites for hydroxylation is 1. The molecule has 21 heavy (non-hydrogen) atoms. The van der Waals surface area contributed by atoms with Gasteiger partial charge in [-0.2, -0.15) is 4.31 Å². The Hall–Kier alpha value is -1.67. The SMILES string of the molecule is CCN(CC(=O)NC)S(=O)(=O)c1c(C)cc(F)c(N)c1C. The van der Waals surface area contributed by atoms with Crippen LogP contribution >= 0.6 is 0 Å². The molecular weight excluding hydrogens is 297 g/mol. The van der Waals surface area contributed by atoms with E-state index in [1.807, 2.05) is 0 Å². The molecule has 0 aromatic heterocycles. The molecule has 0 heterocycles. The molecule has 0 saturated heterocycles. The molecule has 0 radical (unpaired) electrons. The zero-order valence-electron chi connectivity index (χ0n) is 12.5. The Morgan fingerprint density at radius 1 is 1.43 bits per heavy atom. The number of likely N-dealkylation sites (N-methyl/N-ethyl adjacent to an activating group) is 2. The van der Waals surface area contributed by atoms with Crippen molar-refractivity contribution in [2.45, 2.75) is 25.7 Å². The summed E-state index contributed by atoms with van der Waals surface area (Å²) in [6.45, 7) is 4.39. The number of anilines is 1. The number of rotatable bonds is 5. The van der Waals surface area contributed by atoms with E-state index in [1.165, 1.54) is 20.9 Å². The number of nitrogen functional groups attached to an aromatic ring is 1. The summed E-state index contributed by atoms with van der Waals surface area (Å²) in [6, 6.07) is 1.09. The highest BCUT2D eigenvalue weighted by molar-refractivity contribution is 7.89. The maximum Gasteiger partial charge on any atom is 0.244 e. The van der Waals surface area contributed by atoms with Gasteiger partial charge in [-0.15, -0.1) is 0 Å². The number of nitrogens with one attached hydrogen (secondary N) is 1. The zero-order valence-corrected chi connectivity index (χ0v) is 13.3. The average molecular weight is 317 g/mol. The Morgan fingerprint density at radius 2 is 2.00 bits per heavy atom. The molecule has 0 unspecified atom stereocenters. The van der Waals surface area contributed by atoms with E-state index in [9.17, 15) is 17.6 Å². The maximum atomic E-state index is 13.6. The van der Waals surface area contributed by atoms with Gasteiger partial charge in [-0.05, 0) is 31.0 Å². The van der Waals surface area contributed by atoms with E-state index >= 15 is 0 Å². The summed E-state index contributed by atoms with van der Waals surface area (Å²) in [5.41, 5.74) is 5.80. The third-order valence-electron chi connectivity index (χ3n) is 3.25. The predicted octanol–water partition coefficient (Wildman–Crippen LogP) is 0.781. The fraction of sp³-hybridized carbons (Fsp3) is 0.462. The quantitative estimate of drug-likeness (QED) is 0.785. The highest BCUT2D eigenvalue weighted by atomic mass is 32.2. The summed E-state index contributed by atoms with van der Waals surface area (Å²) in [6.07, 6.45) is 0. The van der Waals surface area contributed by atoms with E-state index in [0.29, 0.717) is 0 Å². The van der Waals surface area contributed by atoms with Crippen LogP contribution in [-0.2, 0) is 14.8 Å². The van der Waals surface area contributed by atoms with Gasteiger partial charge in [-0.3, -0.25) is 4.79 Å². The molecule has 0 atom stereocenters. The molecule has 0 bridgehead atoms. The first-order valence-electron chi connectivity index (χ1n) is 6.42. The summed E-state index contributed by atoms with van der Waals surface area (Å²) in [5.74, 6) is -1.08. The monoisotopic (exact) mass is 317 g/mol. The molecular formula is C13H20FN3O3S. The van der Waals surface area contributed by atoms with E-state index in [0.717, 1.165) is 10.4 Å². The first-order valence-corrected chi connectivity index (χ1v) is 7.86. The minimum absolute atomic E-state index is 0.0489. The molecule has 1 aromatic rings. The molecule has 1 rings (SSSR count). The fourth-order valence-electron chi connectivity index (χ4n) is 2.06. The number of hydrogen-bond donors (Lipinski definition) is 2. The van der Waals surface area contributed by atoms with Crippen LogP contribution in [-0.4, -0.2) is 38.8 Å². The van der Waals surface area contributed by atoms with Crippen molar-refractivity contribution in [2.75, 3.05) is 25.9 Å². The van der Waals surface area contributed by atoms with E-state index in [2.05, 4.69) is 5.32 Å². The van der Waals surface area contributed by atoms with Crippen LogP contribution in [0.25, 0.3) is 0 Å². The summed E-state index contributed by atoms with van der Waals surface area (Å²) in [7, 11) is -2.51. The lowest BCUT2D eigenvalue weighted by Gasteiger charge is -2.22. The number of carbonyl (C=O) groups excluding carboxylic acids is 1. The van der Waals surface area contributed by atoms with E-state index in [4.69, 9.17) is 5.73 Å². The normalized spacial score (nSPS) is 11.7. The smallest absolute Gasteiger partial charge is 0.244 e. The number of carbonyl (C=O) groups is 1. The van der Waals surface area contributed by atoms with Gasteiger partial charge in [0.15, 0.2) is 0 Å². The van der Waals surface area contributed by atoms with Crippen molar-refractivity contribution >= 4 is 21.6 Å². The number of amides is 1. The Kier molecular flexibility index (Phi) is 5.30. The van der Waals surface area contributed by atoms with Gasteiger partial charge in [0.1, 0.15) is 5.82 Å². The predicted molar refractivity (Wildman–Crippen MR) is 78.8 cm³/mol. The highest BCUT2D eigenvalue weighted by Crippen LogP contribution is 2.29. The molecule has 0 aliphatic heterocycles. The standard InChI is InChI=1S/C13H20FN3O3S/c1-5-17(7-11(18)16-4)21(19,20)13-8(2)6-10(14)12(15)9(13)3/h6H,5,7,15H2,1-4H3,(H,16,18). The Balaban J connectivity index is 3.43. The molecule has 118 valence electrons. The molecule has 3 N–H and O–H groups in total. The lowest BCUT2D eigenvalue weighted by molar-refractivity contribution is -0.120. The fourth-order valence-corrected chi connectivity index (χ4v) is 3.91. The molecule has 1 amide bonds. The van der Waals surface area contributed by atoms with Crippen LogP contribution in [0.5, 0.6) is 0 Å². The molecule has 8 heteroatoms. The summed E-state index contributed by atoms with van der Waals surface area (Å²) >= 11 is 0. The maximum absolute atomic E-state index is 13.6. The summed E-state index contributed by atoms with van der Waals surface area (Å²) < 4.78 is 40.0. The summed E-state index contributed by atoms with van der Waals surface area (Å²) in [5, 5.41) is 2.37. The number of benzene rings is 1. The number of halogens is 1. The van der Waals surface area contributed by atoms with Crippen LogP contribution in [0, 0.1) is 19.7 Å². The number of nitrogens with two attached hydrogens (primary N) is 1. The zero-order chi connectivity index (χ0) is 16.4. The average Bonchev–Trinajstić information content (AvgIpc) is 2.41. The van der Waals surface area contributed by atoms with Gasteiger partial charge in [0.2, 0.25) is 15.9 Å². The number of nitrogens with zero attached hydrogens (tertiary/aromatic N) is 1. The van der Waals surface area contributed by atoms with Gasteiger partial charge >= 0.3 is 0 Å². The van der Waals surface area contributed by atoms with Crippen molar-refractivity contribution in [2.24, 2.45) is 0 Å². The number of sulfonamides is 1. The Morgan fingerprint density at radius 3 is 2.48 bits per heavy atom. The van der Waals surface area contributed by atoms with Crippen molar-refractivity contribution < 1.29 is 17.6 Å². The van der Waals surface area contributed by atoms with Gasteiger partial charge in [-0.1, -0.05) is 6.92 Å². The first kappa shape index (κ1) is 17.4. The Bertz CT molecular complexity index is 659. The minimum Gasteiger partial charge on any atom is -0.396 e. The second-order valence-electron chi connectivity index (χ2n) is 4.65. The Labute approximate surface area is 124 Å². The topological polar surface area (TPSA) is 92.5 Å².